The van der Waals surface area contributed by atoms with Crippen molar-refractivity contribution < 1.29 is 9.72 Å². The van der Waals surface area contributed by atoms with Crippen LogP contribution in [0.25, 0.3) is 10.9 Å². The summed E-state index contributed by atoms with van der Waals surface area (Å²) in [4.78, 5) is 24.5. The maximum absolute atomic E-state index is 12.4. The molecule has 1 aromatic heterocycles. The third-order valence-corrected chi connectivity index (χ3v) is 3.60. The Bertz CT molecular complexity index is 673. The molecular weight excluding hydrogens is 260 g/mol. The van der Waals surface area contributed by atoms with Crippen molar-refractivity contribution in [2.24, 2.45) is 0 Å². The number of benzene rings is 1. The SMILES string of the molecule is O=C(c1n[nH]c2ccc([N+](=O)[O-])cc12)N1CCCCC1. The van der Waals surface area contributed by atoms with Crippen LogP contribution < -0.4 is 0 Å². The Hall–Kier alpha value is -2.44. The van der Waals surface area contributed by atoms with Gasteiger partial charge in [0.05, 0.1) is 10.4 Å². The van der Waals surface area contributed by atoms with Crippen LogP contribution in [-0.2, 0) is 0 Å². The number of nitro benzene ring substituents is 1. The number of aromatic nitrogens is 2. The topological polar surface area (TPSA) is 92.1 Å². The van der Waals surface area contributed by atoms with E-state index in [0.717, 1.165) is 32.4 Å². The molecule has 1 aromatic carbocycles. The lowest BCUT2D eigenvalue weighted by molar-refractivity contribution is -0.384. The van der Waals surface area contributed by atoms with Gasteiger partial charge in [-0.1, -0.05) is 0 Å². The molecule has 0 atom stereocenters. The number of rotatable bonds is 2. The van der Waals surface area contributed by atoms with E-state index in [0.29, 0.717) is 10.9 Å². The molecule has 1 fully saturated rings. The first-order chi connectivity index (χ1) is 9.66. The zero-order chi connectivity index (χ0) is 14.1. The number of hydrogen-bond donors (Lipinski definition) is 1. The Morgan fingerprint density at radius 1 is 1.30 bits per heavy atom. The Morgan fingerprint density at radius 3 is 2.75 bits per heavy atom. The van der Waals surface area contributed by atoms with Crippen molar-refractivity contribution in [3.8, 4) is 0 Å². The zero-order valence-electron chi connectivity index (χ0n) is 10.8. The summed E-state index contributed by atoms with van der Waals surface area (Å²) >= 11 is 0. The minimum atomic E-state index is -0.471. The number of amides is 1. The maximum Gasteiger partial charge on any atom is 0.274 e. The number of nitro groups is 1. The molecule has 7 heteroatoms. The van der Waals surface area contributed by atoms with Crippen molar-refractivity contribution >= 4 is 22.5 Å². The summed E-state index contributed by atoms with van der Waals surface area (Å²) in [7, 11) is 0. The highest BCUT2D eigenvalue weighted by Crippen LogP contribution is 2.23. The van der Waals surface area contributed by atoms with Crippen LogP contribution in [0.5, 0.6) is 0 Å². The van der Waals surface area contributed by atoms with Crippen molar-refractivity contribution in [1.29, 1.82) is 0 Å². The summed E-state index contributed by atoms with van der Waals surface area (Å²) in [6.45, 7) is 1.45. The number of H-pyrrole nitrogens is 1. The lowest BCUT2D eigenvalue weighted by Gasteiger charge is -2.25. The van der Waals surface area contributed by atoms with Gasteiger partial charge in [-0.2, -0.15) is 5.10 Å². The van der Waals surface area contributed by atoms with Gasteiger partial charge in [0.2, 0.25) is 0 Å². The largest absolute Gasteiger partial charge is 0.337 e. The fourth-order valence-electron chi connectivity index (χ4n) is 2.53. The summed E-state index contributed by atoms with van der Waals surface area (Å²) in [6, 6.07) is 4.37. The molecule has 2 heterocycles. The van der Waals surface area contributed by atoms with Crippen LogP contribution >= 0.6 is 0 Å². The van der Waals surface area contributed by atoms with Crippen LogP contribution in [0.2, 0.25) is 0 Å². The minimum absolute atomic E-state index is 0.0356. The third-order valence-electron chi connectivity index (χ3n) is 3.60. The van der Waals surface area contributed by atoms with Gasteiger partial charge in [-0.3, -0.25) is 20.0 Å². The Labute approximate surface area is 114 Å². The molecule has 0 spiro atoms. The molecule has 7 nitrogen and oxygen atoms in total. The molecule has 1 N–H and O–H groups in total. The van der Waals surface area contributed by atoms with Gasteiger partial charge in [0, 0.05) is 30.6 Å². The highest BCUT2D eigenvalue weighted by molar-refractivity contribution is 6.05. The Balaban J connectivity index is 2.00. The number of nitrogens with zero attached hydrogens (tertiary/aromatic N) is 3. The molecule has 1 amide bonds. The van der Waals surface area contributed by atoms with Gasteiger partial charge in [-0.15, -0.1) is 0 Å². The summed E-state index contributed by atoms with van der Waals surface area (Å²) in [5.74, 6) is -0.156. The molecule has 0 aliphatic carbocycles. The molecule has 1 aliphatic rings. The van der Waals surface area contributed by atoms with E-state index < -0.39 is 4.92 Å². The summed E-state index contributed by atoms with van der Waals surface area (Å²) in [5.41, 5.74) is 0.869. The van der Waals surface area contributed by atoms with Gasteiger partial charge >= 0.3 is 0 Å². The fourth-order valence-corrected chi connectivity index (χ4v) is 2.53. The molecule has 2 aromatic rings. The summed E-state index contributed by atoms with van der Waals surface area (Å²) < 4.78 is 0. The molecule has 0 radical (unpaired) electrons. The van der Waals surface area contributed by atoms with Crippen molar-refractivity contribution in [2.45, 2.75) is 19.3 Å². The van der Waals surface area contributed by atoms with Crippen LogP contribution in [-0.4, -0.2) is 39.0 Å². The molecule has 0 unspecified atom stereocenters. The molecular formula is C13H14N4O3. The quantitative estimate of drug-likeness (QED) is 0.670. The number of carbonyl (C=O) groups excluding carboxylic acids is 1. The predicted octanol–water partition coefficient (Wildman–Crippen LogP) is 2.10. The highest BCUT2D eigenvalue weighted by atomic mass is 16.6. The number of fused-ring (bicyclic) bond motifs is 1. The molecule has 0 bridgehead atoms. The van der Waals surface area contributed by atoms with Crippen molar-refractivity contribution in [2.75, 3.05) is 13.1 Å². The zero-order valence-corrected chi connectivity index (χ0v) is 10.8. The van der Waals surface area contributed by atoms with Crippen LogP contribution in [0.4, 0.5) is 5.69 Å². The van der Waals surface area contributed by atoms with E-state index in [1.54, 1.807) is 11.0 Å². The fraction of sp³-hybridized carbons (Fsp3) is 0.385. The van der Waals surface area contributed by atoms with E-state index in [1.807, 2.05) is 0 Å². The lowest BCUT2D eigenvalue weighted by Crippen LogP contribution is -2.35. The van der Waals surface area contributed by atoms with Crippen LogP contribution in [0, 0.1) is 10.1 Å². The van der Waals surface area contributed by atoms with Crippen molar-refractivity contribution in [3.05, 3.63) is 34.0 Å². The molecule has 0 saturated carbocycles. The maximum atomic E-state index is 12.4. The van der Waals surface area contributed by atoms with Gasteiger partial charge < -0.3 is 4.90 Å². The van der Waals surface area contributed by atoms with Gasteiger partial charge in [-0.25, -0.2) is 0 Å². The monoisotopic (exact) mass is 274 g/mol. The van der Waals surface area contributed by atoms with Crippen LogP contribution in [0.1, 0.15) is 29.8 Å². The normalized spacial score (nSPS) is 15.5. The molecule has 1 saturated heterocycles. The van der Waals surface area contributed by atoms with Gasteiger partial charge in [0.15, 0.2) is 5.69 Å². The summed E-state index contributed by atoms with van der Waals surface area (Å²) in [6.07, 6.45) is 3.12. The molecule has 20 heavy (non-hydrogen) atoms. The predicted molar refractivity (Wildman–Crippen MR) is 72.5 cm³/mol. The van der Waals surface area contributed by atoms with E-state index in [4.69, 9.17) is 0 Å². The van der Waals surface area contributed by atoms with Crippen LogP contribution in [0.15, 0.2) is 18.2 Å². The van der Waals surface area contributed by atoms with Gasteiger partial charge in [0.1, 0.15) is 0 Å². The minimum Gasteiger partial charge on any atom is -0.337 e. The smallest absolute Gasteiger partial charge is 0.274 e. The van der Waals surface area contributed by atoms with E-state index in [9.17, 15) is 14.9 Å². The van der Waals surface area contributed by atoms with E-state index in [1.165, 1.54) is 12.1 Å². The average Bonchev–Trinajstić information content (AvgIpc) is 2.90. The van der Waals surface area contributed by atoms with Crippen molar-refractivity contribution in [1.82, 2.24) is 15.1 Å². The number of non-ortho nitro benzene ring substituents is 1. The van der Waals surface area contributed by atoms with E-state index in [-0.39, 0.29) is 17.3 Å². The number of hydrogen-bond acceptors (Lipinski definition) is 4. The number of likely N-dealkylation sites (tertiary alicyclic amines) is 1. The summed E-state index contributed by atoms with van der Waals surface area (Å²) in [5, 5.41) is 18.1. The number of nitrogens with one attached hydrogen (secondary N) is 1. The number of piperidine rings is 1. The van der Waals surface area contributed by atoms with E-state index >= 15 is 0 Å². The standard InChI is InChI=1S/C13H14N4O3/c18-13(16-6-2-1-3-7-16)12-10-8-9(17(19)20)4-5-11(10)14-15-12/h4-5,8H,1-3,6-7H2,(H,14,15). The highest BCUT2D eigenvalue weighted by Gasteiger charge is 2.23. The molecule has 1 aliphatic heterocycles. The second-order valence-electron chi connectivity index (χ2n) is 4.91. The second-order valence-corrected chi connectivity index (χ2v) is 4.91. The lowest BCUT2D eigenvalue weighted by atomic mass is 10.1. The first-order valence-corrected chi connectivity index (χ1v) is 6.58. The first-order valence-electron chi connectivity index (χ1n) is 6.58. The van der Waals surface area contributed by atoms with Crippen LogP contribution in [0.3, 0.4) is 0 Å². The third kappa shape index (κ3) is 2.11. The number of carbonyl (C=O) groups is 1. The molecule has 3 rings (SSSR count). The average molecular weight is 274 g/mol. The van der Waals surface area contributed by atoms with Gasteiger partial charge in [0.25, 0.3) is 11.6 Å². The Kier molecular flexibility index (Phi) is 3.09. The van der Waals surface area contributed by atoms with E-state index in [2.05, 4.69) is 10.2 Å². The van der Waals surface area contributed by atoms with Gasteiger partial charge in [-0.05, 0) is 25.3 Å². The van der Waals surface area contributed by atoms with Crippen molar-refractivity contribution in [3.63, 3.8) is 0 Å². The Morgan fingerprint density at radius 2 is 2.05 bits per heavy atom. The molecule has 104 valence electrons. The first kappa shape index (κ1) is 12.6. The second kappa shape index (κ2) is 4.92. The number of aromatic amines is 1.